The summed E-state index contributed by atoms with van der Waals surface area (Å²) in [5, 5.41) is 30.0. The van der Waals surface area contributed by atoms with Crippen LogP contribution >= 0.6 is 35.0 Å². The maximum Gasteiger partial charge on any atom is 0.307 e. The van der Waals surface area contributed by atoms with Crippen molar-refractivity contribution >= 4 is 46.7 Å². The Balaban J connectivity index is 2.02. The molecule has 0 aliphatic rings. The molecule has 0 aromatic heterocycles. The second-order valence-electron chi connectivity index (χ2n) is 6.94. The summed E-state index contributed by atoms with van der Waals surface area (Å²) in [7, 11) is 0. The normalized spacial score (nSPS) is 11.9. The Morgan fingerprint density at radius 1 is 1.16 bits per heavy atom. The van der Waals surface area contributed by atoms with E-state index in [1.54, 1.807) is 18.2 Å². The molecule has 0 radical (unpaired) electrons. The molecule has 0 aliphatic heterocycles. The van der Waals surface area contributed by atoms with E-state index in [-0.39, 0.29) is 45.9 Å². The second-order valence-corrected chi connectivity index (χ2v) is 8.76. The molecule has 0 bridgehead atoms. The number of aliphatic carboxylic acids is 1. The summed E-state index contributed by atoms with van der Waals surface area (Å²) in [6, 6.07) is 6.40. The summed E-state index contributed by atoms with van der Waals surface area (Å²) >= 11 is 13.7. The van der Waals surface area contributed by atoms with Crippen LogP contribution in [0.3, 0.4) is 0 Å². The minimum Gasteiger partial charge on any atom is -0.507 e. The molecule has 0 aliphatic carbocycles. The summed E-state index contributed by atoms with van der Waals surface area (Å²) in [5.41, 5.74) is 1.20. The summed E-state index contributed by atoms with van der Waals surface area (Å²) < 4.78 is 5.71. The lowest BCUT2D eigenvalue weighted by molar-refractivity contribution is -0.136. The van der Waals surface area contributed by atoms with Gasteiger partial charge in [0.2, 0.25) is 0 Å². The molecule has 0 spiro atoms. The van der Waals surface area contributed by atoms with Gasteiger partial charge in [-0.1, -0.05) is 42.6 Å². The van der Waals surface area contributed by atoms with Gasteiger partial charge >= 0.3 is 5.97 Å². The van der Waals surface area contributed by atoms with Gasteiger partial charge in [0, 0.05) is 16.2 Å². The second kappa shape index (κ2) is 11.6. The van der Waals surface area contributed by atoms with E-state index in [9.17, 15) is 19.8 Å². The van der Waals surface area contributed by atoms with Crippen LogP contribution in [0.2, 0.25) is 10.0 Å². The number of carboxylic acid groups (broad SMARTS) is 1. The smallest absolute Gasteiger partial charge is 0.307 e. The van der Waals surface area contributed by atoms with Gasteiger partial charge in [0.25, 0.3) is 0 Å². The number of carbonyl (C=O) groups is 2. The van der Waals surface area contributed by atoms with E-state index in [1.165, 1.54) is 24.8 Å². The molecule has 9 heteroatoms. The van der Waals surface area contributed by atoms with E-state index < -0.39 is 12.1 Å². The average Bonchev–Trinajstić information content (AvgIpc) is 2.70. The number of rotatable bonds is 11. The van der Waals surface area contributed by atoms with Crippen molar-refractivity contribution in [1.29, 1.82) is 0 Å². The molecule has 0 saturated heterocycles. The van der Waals surface area contributed by atoms with Crippen LogP contribution in [0.5, 0.6) is 11.5 Å². The highest BCUT2D eigenvalue weighted by Crippen LogP contribution is 2.36. The van der Waals surface area contributed by atoms with Crippen LogP contribution in [-0.2, 0) is 17.6 Å². The number of aliphatic hydroxyl groups is 1. The van der Waals surface area contributed by atoms with Crippen LogP contribution in [0.25, 0.3) is 0 Å². The first-order chi connectivity index (χ1) is 14.6. The number of hydrogen-bond donors (Lipinski definition) is 3. The van der Waals surface area contributed by atoms with Crippen LogP contribution < -0.4 is 4.74 Å². The first-order valence-electron chi connectivity index (χ1n) is 9.63. The molecule has 168 valence electrons. The highest BCUT2D eigenvalue weighted by atomic mass is 35.5. The van der Waals surface area contributed by atoms with Gasteiger partial charge in [-0.3, -0.25) is 9.59 Å². The van der Waals surface area contributed by atoms with Crippen LogP contribution in [0.4, 0.5) is 0 Å². The van der Waals surface area contributed by atoms with Crippen molar-refractivity contribution in [2.75, 3.05) is 12.4 Å². The Labute approximate surface area is 195 Å². The zero-order chi connectivity index (χ0) is 23.1. The lowest BCUT2D eigenvalue weighted by atomic mass is 10.0. The molecule has 3 N–H and O–H groups in total. The minimum absolute atomic E-state index is 0.0228. The van der Waals surface area contributed by atoms with Gasteiger partial charge in [0.05, 0.1) is 28.1 Å². The van der Waals surface area contributed by atoms with E-state index in [0.717, 1.165) is 6.42 Å². The Morgan fingerprint density at radius 3 is 2.48 bits per heavy atom. The average molecular weight is 487 g/mol. The number of phenols is 1. The van der Waals surface area contributed by atoms with E-state index >= 15 is 0 Å². The Bertz CT molecular complexity index is 964. The van der Waals surface area contributed by atoms with Gasteiger partial charge in [0.15, 0.2) is 5.78 Å². The standard InChI is InChI=1S/C22H24Cl2O6S/c1-3-4-16-17(7-6-15(12(2)25)22(16)29)30-10-14(26)11-31-18-8-5-13(9-19(27)28)20(23)21(18)24/h5-8,14,26,29H,3-4,9-11H2,1-2H3,(H,27,28). The summed E-state index contributed by atoms with van der Waals surface area (Å²) in [6.07, 6.45) is 0.211. The van der Waals surface area contributed by atoms with Crippen molar-refractivity contribution in [2.45, 2.75) is 44.1 Å². The van der Waals surface area contributed by atoms with E-state index in [0.29, 0.717) is 28.2 Å². The zero-order valence-electron chi connectivity index (χ0n) is 17.2. The third-order valence-electron chi connectivity index (χ3n) is 4.45. The Hall–Kier alpha value is -1.93. The number of carboxylic acids is 1. The van der Waals surface area contributed by atoms with Crippen molar-refractivity contribution in [3.05, 3.63) is 51.0 Å². The van der Waals surface area contributed by atoms with Gasteiger partial charge < -0.3 is 20.1 Å². The largest absolute Gasteiger partial charge is 0.507 e. The molecule has 0 saturated carbocycles. The molecule has 1 atom stereocenters. The number of thioether (sulfide) groups is 1. The minimum atomic E-state index is -1.00. The van der Waals surface area contributed by atoms with Crippen molar-refractivity contribution in [3.63, 3.8) is 0 Å². The first-order valence-corrected chi connectivity index (χ1v) is 11.4. The lowest BCUT2D eigenvalue weighted by Gasteiger charge is -2.17. The maximum atomic E-state index is 11.7. The monoisotopic (exact) mass is 486 g/mol. The summed E-state index contributed by atoms with van der Waals surface area (Å²) in [6.45, 7) is 3.31. The van der Waals surface area contributed by atoms with Crippen LogP contribution in [0.15, 0.2) is 29.2 Å². The van der Waals surface area contributed by atoms with Crippen molar-refractivity contribution in [1.82, 2.24) is 0 Å². The number of carbonyl (C=O) groups excluding carboxylic acids is 1. The van der Waals surface area contributed by atoms with Crippen LogP contribution in [0.1, 0.15) is 41.8 Å². The SMILES string of the molecule is CCCc1c(OCC(O)CSc2ccc(CC(=O)O)c(Cl)c2Cl)ccc(C(C)=O)c1O. The number of hydrogen-bond acceptors (Lipinski definition) is 6. The van der Waals surface area contributed by atoms with Gasteiger partial charge in [-0.25, -0.2) is 0 Å². The quantitative estimate of drug-likeness (QED) is 0.302. The molecule has 0 amide bonds. The number of aliphatic hydroxyl groups excluding tert-OH is 1. The number of ketones is 1. The number of halogens is 2. The third-order valence-corrected chi connectivity index (χ3v) is 6.69. The Kier molecular flexibility index (Phi) is 9.50. The predicted octanol–water partition coefficient (Wildman–Crippen LogP) is 5.01. The molecule has 0 fully saturated rings. The molecule has 1 unspecified atom stereocenters. The zero-order valence-corrected chi connectivity index (χ0v) is 19.5. The number of benzene rings is 2. The lowest BCUT2D eigenvalue weighted by Crippen LogP contribution is -2.20. The Morgan fingerprint density at radius 2 is 1.87 bits per heavy atom. The molecule has 6 nitrogen and oxygen atoms in total. The van der Waals surface area contributed by atoms with E-state index in [4.69, 9.17) is 33.0 Å². The molecular formula is C22H24Cl2O6S. The molecule has 31 heavy (non-hydrogen) atoms. The molecule has 2 rings (SSSR count). The fourth-order valence-corrected chi connectivity index (χ4v) is 4.43. The van der Waals surface area contributed by atoms with E-state index in [1.807, 2.05) is 6.92 Å². The maximum absolute atomic E-state index is 11.7. The fraction of sp³-hybridized carbons (Fsp3) is 0.364. The number of aromatic hydroxyl groups is 1. The molecule has 2 aromatic rings. The fourth-order valence-electron chi connectivity index (χ4n) is 2.93. The van der Waals surface area contributed by atoms with Crippen LogP contribution in [0, 0.1) is 0 Å². The topological polar surface area (TPSA) is 104 Å². The first kappa shape index (κ1) is 25.3. The predicted molar refractivity (Wildman–Crippen MR) is 122 cm³/mol. The molecular weight excluding hydrogens is 463 g/mol. The number of Topliss-reactive ketones (excluding diaryl/α,β-unsaturated/α-hetero) is 1. The third kappa shape index (κ3) is 6.77. The highest BCUT2D eigenvalue weighted by Gasteiger charge is 2.18. The summed E-state index contributed by atoms with van der Waals surface area (Å²) in [4.78, 5) is 23.1. The molecule has 2 aromatic carbocycles. The van der Waals surface area contributed by atoms with Crippen molar-refractivity contribution in [3.8, 4) is 11.5 Å². The molecule has 0 heterocycles. The van der Waals surface area contributed by atoms with Crippen molar-refractivity contribution < 1.29 is 29.6 Å². The van der Waals surface area contributed by atoms with Gasteiger partial charge in [-0.2, -0.15) is 0 Å². The van der Waals surface area contributed by atoms with Crippen LogP contribution in [-0.4, -0.2) is 45.5 Å². The van der Waals surface area contributed by atoms with Gasteiger partial charge in [0.1, 0.15) is 18.1 Å². The van der Waals surface area contributed by atoms with Gasteiger partial charge in [-0.15, -0.1) is 11.8 Å². The number of phenolic OH excluding ortho intramolecular Hbond substituents is 1. The van der Waals surface area contributed by atoms with Gasteiger partial charge in [-0.05, 0) is 37.1 Å². The van der Waals surface area contributed by atoms with E-state index in [2.05, 4.69) is 0 Å². The summed E-state index contributed by atoms with van der Waals surface area (Å²) in [5.74, 6) is -0.640. The van der Waals surface area contributed by atoms with Crippen molar-refractivity contribution in [2.24, 2.45) is 0 Å². The number of ether oxygens (including phenoxy) is 1. The highest BCUT2D eigenvalue weighted by molar-refractivity contribution is 7.99.